The summed E-state index contributed by atoms with van der Waals surface area (Å²) >= 11 is 3.34. The number of carbonyl (C=O) groups excluding carboxylic acids is 2. The van der Waals surface area contributed by atoms with Crippen LogP contribution in [0.25, 0.3) is 10.9 Å². The zero-order chi connectivity index (χ0) is 17.1. The van der Waals surface area contributed by atoms with Crippen molar-refractivity contribution in [1.82, 2.24) is 4.98 Å². The molecule has 1 heterocycles. The van der Waals surface area contributed by atoms with Gasteiger partial charge in [-0.1, -0.05) is 40.2 Å². The number of rotatable bonds is 4. The van der Waals surface area contributed by atoms with Crippen molar-refractivity contribution in [3.63, 3.8) is 0 Å². The van der Waals surface area contributed by atoms with Gasteiger partial charge in [0.2, 0.25) is 0 Å². The fraction of sp³-hybridized carbons (Fsp3) is 0.111. The average molecular weight is 387 g/mol. The monoisotopic (exact) mass is 386 g/mol. The average Bonchev–Trinajstić information content (AvgIpc) is 2.99. The van der Waals surface area contributed by atoms with Crippen LogP contribution in [0.3, 0.4) is 0 Å². The number of fused-ring (bicyclic) bond motifs is 1. The molecule has 0 bridgehead atoms. The first-order valence-electron chi connectivity index (χ1n) is 7.38. The van der Waals surface area contributed by atoms with Gasteiger partial charge in [0.15, 0.2) is 6.10 Å². The number of aromatic nitrogens is 1. The van der Waals surface area contributed by atoms with Crippen molar-refractivity contribution in [3.8, 4) is 0 Å². The van der Waals surface area contributed by atoms with Crippen molar-refractivity contribution in [1.29, 1.82) is 0 Å². The standard InChI is InChI=1S/C18H15BrN2O3/c1-11(17(22)21-13-6-4-5-12(19)9-13)24-18(23)15-10-20-16-8-3-2-7-14(15)16/h2-11,20H,1H3,(H,21,22)/t11-/m1/s1. The van der Waals surface area contributed by atoms with Gasteiger partial charge in [-0.25, -0.2) is 4.79 Å². The Labute approximate surface area is 147 Å². The number of ether oxygens (including phenoxy) is 1. The van der Waals surface area contributed by atoms with Crippen LogP contribution in [-0.2, 0) is 9.53 Å². The van der Waals surface area contributed by atoms with Gasteiger partial charge < -0.3 is 15.0 Å². The zero-order valence-corrected chi connectivity index (χ0v) is 14.5. The van der Waals surface area contributed by atoms with Crippen LogP contribution < -0.4 is 5.32 Å². The molecule has 0 aliphatic carbocycles. The van der Waals surface area contributed by atoms with Crippen LogP contribution in [0.1, 0.15) is 17.3 Å². The molecule has 2 aromatic carbocycles. The van der Waals surface area contributed by atoms with Crippen molar-refractivity contribution in [2.24, 2.45) is 0 Å². The van der Waals surface area contributed by atoms with Gasteiger partial charge in [0, 0.05) is 27.3 Å². The van der Waals surface area contributed by atoms with Crippen LogP contribution in [0.5, 0.6) is 0 Å². The van der Waals surface area contributed by atoms with E-state index in [0.29, 0.717) is 11.3 Å². The van der Waals surface area contributed by atoms with Crippen LogP contribution in [0.4, 0.5) is 5.69 Å². The number of amides is 1. The predicted octanol–water partition coefficient (Wildman–Crippen LogP) is 4.11. The maximum atomic E-state index is 12.3. The van der Waals surface area contributed by atoms with Gasteiger partial charge in [-0.3, -0.25) is 4.79 Å². The molecule has 2 N–H and O–H groups in total. The predicted molar refractivity (Wildman–Crippen MR) is 95.9 cm³/mol. The Hall–Kier alpha value is -2.60. The van der Waals surface area contributed by atoms with Crippen molar-refractivity contribution < 1.29 is 14.3 Å². The van der Waals surface area contributed by atoms with Crippen LogP contribution in [-0.4, -0.2) is 23.0 Å². The number of hydrogen-bond donors (Lipinski definition) is 2. The Bertz CT molecular complexity index is 904. The molecule has 0 radical (unpaired) electrons. The molecule has 0 fully saturated rings. The van der Waals surface area contributed by atoms with E-state index in [0.717, 1.165) is 15.4 Å². The molecule has 0 spiro atoms. The molecular formula is C18H15BrN2O3. The largest absolute Gasteiger partial charge is 0.449 e. The molecule has 122 valence electrons. The van der Waals surface area contributed by atoms with E-state index in [-0.39, 0.29) is 5.91 Å². The summed E-state index contributed by atoms with van der Waals surface area (Å²) in [6.07, 6.45) is 0.677. The summed E-state index contributed by atoms with van der Waals surface area (Å²) in [6, 6.07) is 14.6. The first kappa shape index (κ1) is 16.3. The minimum Gasteiger partial charge on any atom is -0.449 e. The fourth-order valence-electron chi connectivity index (χ4n) is 2.33. The van der Waals surface area contributed by atoms with Gasteiger partial charge in [0.05, 0.1) is 5.56 Å². The summed E-state index contributed by atoms with van der Waals surface area (Å²) in [5, 5.41) is 3.48. The highest BCUT2D eigenvalue weighted by Crippen LogP contribution is 2.20. The molecule has 0 aliphatic rings. The highest BCUT2D eigenvalue weighted by Gasteiger charge is 2.21. The molecule has 0 unspecified atom stereocenters. The number of H-pyrrole nitrogens is 1. The number of para-hydroxylation sites is 1. The first-order valence-corrected chi connectivity index (χ1v) is 8.17. The van der Waals surface area contributed by atoms with E-state index in [1.54, 1.807) is 25.3 Å². The molecule has 3 aromatic rings. The third kappa shape index (κ3) is 3.49. The second kappa shape index (κ2) is 6.88. The van der Waals surface area contributed by atoms with Gasteiger partial charge in [-0.15, -0.1) is 0 Å². The van der Waals surface area contributed by atoms with Gasteiger partial charge in [-0.05, 0) is 31.2 Å². The number of carbonyl (C=O) groups is 2. The number of nitrogens with one attached hydrogen (secondary N) is 2. The lowest BCUT2D eigenvalue weighted by atomic mass is 10.2. The third-order valence-corrected chi connectivity index (χ3v) is 4.05. The fourth-order valence-corrected chi connectivity index (χ4v) is 2.73. The highest BCUT2D eigenvalue weighted by molar-refractivity contribution is 9.10. The maximum absolute atomic E-state index is 12.3. The molecule has 0 saturated carbocycles. The Morgan fingerprint density at radius 3 is 2.75 bits per heavy atom. The lowest BCUT2D eigenvalue weighted by Crippen LogP contribution is -2.29. The number of esters is 1. The summed E-state index contributed by atoms with van der Waals surface area (Å²) in [5.41, 5.74) is 1.88. The van der Waals surface area contributed by atoms with Crippen LogP contribution in [0, 0.1) is 0 Å². The Kier molecular flexibility index (Phi) is 4.66. The molecule has 5 nitrogen and oxygen atoms in total. The van der Waals surface area contributed by atoms with E-state index >= 15 is 0 Å². The number of benzene rings is 2. The van der Waals surface area contributed by atoms with E-state index in [1.165, 1.54) is 0 Å². The summed E-state index contributed by atoms with van der Waals surface area (Å²) < 4.78 is 6.14. The molecule has 0 aliphatic heterocycles. The number of anilines is 1. The Morgan fingerprint density at radius 1 is 1.17 bits per heavy atom. The molecule has 1 amide bonds. The lowest BCUT2D eigenvalue weighted by Gasteiger charge is -2.13. The minimum absolute atomic E-state index is 0.388. The number of hydrogen-bond acceptors (Lipinski definition) is 3. The molecule has 1 atom stereocenters. The van der Waals surface area contributed by atoms with Crippen LogP contribution in [0.15, 0.2) is 59.2 Å². The second-order valence-corrected chi connectivity index (χ2v) is 6.21. The van der Waals surface area contributed by atoms with Gasteiger partial charge in [-0.2, -0.15) is 0 Å². The molecule has 0 saturated heterocycles. The quantitative estimate of drug-likeness (QED) is 0.662. The van der Waals surface area contributed by atoms with Crippen molar-refractivity contribution in [2.45, 2.75) is 13.0 Å². The van der Waals surface area contributed by atoms with Crippen molar-refractivity contribution in [2.75, 3.05) is 5.32 Å². The molecule has 3 rings (SSSR count). The first-order chi connectivity index (χ1) is 11.5. The Morgan fingerprint density at radius 2 is 1.96 bits per heavy atom. The van der Waals surface area contributed by atoms with Gasteiger partial charge in [0.1, 0.15) is 0 Å². The van der Waals surface area contributed by atoms with E-state index < -0.39 is 12.1 Å². The third-order valence-electron chi connectivity index (χ3n) is 3.55. The van der Waals surface area contributed by atoms with Crippen molar-refractivity contribution in [3.05, 3.63) is 64.8 Å². The van der Waals surface area contributed by atoms with E-state index in [1.807, 2.05) is 36.4 Å². The number of halogens is 1. The molecular weight excluding hydrogens is 372 g/mol. The number of aromatic amines is 1. The summed E-state index contributed by atoms with van der Waals surface area (Å²) in [6.45, 7) is 1.54. The highest BCUT2D eigenvalue weighted by atomic mass is 79.9. The zero-order valence-electron chi connectivity index (χ0n) is 12.9. The normalized spacial score (nSPS) is 11.9. The topological polar surface area (TPSA) is 71.2 Å². The summed E-state index contributed by atoms with van der Waals surface area (Å²) in [5.74, 6) is -0.925. The summed E-state index contributed by atoms with van der Waals surface area (Å²) in [7, 11) is 0. The SMILES string of the molecule is C[C@@H](OC(=O)c1c[nH]c2ccccc12)C(=O)Nc1cccc(Br)c1. The molecule has 24 heavy (non-hydrogen) atoms. The minimum atomic E-state index is -0.912. The maximum Gasteiger partial charge on any atom is 0.341 e. The van der Waals surface area contributed by atoms with Gasteiger partial charge >= 0.3 is 5.97 Å². The van der Waals surface area contributed by atoms with E-state index in [9.17, 15) is 9.59 Å². The van der Waals surface area contributed by atoms with Gasteiger partial charge in [0.25, 0.3) is 5.91 Å². The summed E-state index contributed by atoms with van der Waals surface area (Å²) in [4.78, 5) is 27.5. The van der Waals surface area contributed by atoms with Crippen LogP contribution >= 0.6 is 15.9 Å². The Balaban J connectivity index is 1.68. The molecule has 1 aromatic heterocycles. The van der Waals surface area contributed by atoms with E-state index in [4.69, 9.17) is 4.74 Å². The smallest absolute Gasteiger partial charge is 0.341 e. The lowest BCUT2D eigenvalue weighted by molar-refractivity contribution is -0.123. The van der Waals surface area contributed by atoms with Crippen molar-refractivity contribution >= 4 is 44.4 Å². The van der Waals surface area contributed by atoms with E-state index in [2.05, 4.69) is 26.2 Å². The second-order valence-electron chi connectivity index (χ2n) is 5.30. The van der Waals surface area contributed by atoms with Crippen LogP contribution in [0.2, 0.25) is 0 Å². The molecule has 6 heteroatoms.